The van der Waals surface area contributed by atoms with Crippen LogP contribution in [0.5, 0.6) is 0 Å². The van der Waals surface area contributed by atoms with Crippen molar-refractivity contribution in [1.29, 1.82) is 0 Å². The van der Waals surface area contributed by atoms with Gasteiger partial charge in [0.05, 0.1) is 5.39 Å². The monoisotopic (exact) mass is 329 g/mol. The van der Waals surface area contributed by atoms with Crippen molar-refractivity contribution in [2.45, 2.75) is 18.9 Å². The number of ether oxygens (including phenoxy) is 1. The molecule has 1 amide bonds. The number of aromatic nitrogens is 3. The molecule has 0 spiro atoms. The van der Waals surface area contributed by atoms with E-state index in [-0.39, 0.29) is 12.5 Å². The summed E-state index contributed by atoms with van der Waals surface area (Å²) < 4.78 is 4.97. The highest BCUT2D eigenvalue weighted by Gasteiger charge is 2.43. The summed E-state index contributed by atoms with van der Waals surface area (Å²) >= 11 is 0. The second kappa shape index (κ2) is 6.05. The van der Waals surface area contributed by atoms with Gasteiger partial charge in [0.25, 0.3) is 0 Å². The molecule has 7 heteroatoms. The maximum atomic E-state index is 12.0. The van der Waals surface area contributed by atoms with Crippen LogP contribution >= 0.6 is 0 Å². The molecule has 2 aliphatic rings. The highest BCUT2D eigenvalue weighted by molar-refractivity contribution is 5.87. The van der Waals surface area contributed by atoms with Crippen molar-refractivity contribution in [1.82, 2.24) is 19.9 Å². The lowest BCUT2D eigenvalue weighted by Crippen LogP contribution is -2.35. The first-order valence-corrected chi connectivity index (χ1v) is 8.45. The quantitative estimate of drug-likeness (QED) is 0.914. The molecule has 3 atom stereocenters. The summed E-state index contributed by atoms with van der Waals surface area (Å²) in [5, 5.41) is 1.06. The Bertz CT molecular complexity index is 731. The van der Waals surface area contributed by atoms with Gasteiger partial charge in [-0.1, -0.05) is 0 Å². The number of hydrogen-bond donors (Lipinski definition) is 1. The summed E-state index contributed by atoms with van der Waals surface area (Å²) in [6.45, 7) is 1.91. The highest BCUT2D eigenvalue weighted by atomic mass is 16.5. The normalized spacial score (nSPS) is 26.1. The van der Waals surface area contributed by atoms with Gasteiger partial charge in [-0.15, -0.1) is 0 Å². The minimum atomic E-state index is 0.113. The summed E-state index contributed by atoms with van der Waals surface area (Å²) in [5.41, 5.74) is 0.876. The first kappa shape index (κ1) is 15.4. The summed E-state index contributed by atoms with van der Waals surface area (Å²) in [6, 6.07) is 2.50. The zero-order valence-electron chi connectivity index (χ0n) is 14.1. The van der Waals surface area contributed by atoms with Gasteiger partial charge >= 0.3 is 0 Å². The minimum absolute atomic E-state index is 0.113. The Morgan fingerprint density at radius 1 is 1.38 bits per heavy atom. The van der Waals surface area contributed by atoms with E-state index in [2.05, 4.69) is 26.9 Å². The molecule has 0 radical (unpaired) electrons. The van der Waals surface area contributed by atoms with Crippen LogP contribution in [0, 0.1) is 11.8 Å². The molecule has 1 saturated heterocycles. The van der Waals surface area contributed by atoms with Gasteiger partial charge in [-0.05, 0) is 30.7 Å². The number of rotatable bonds is 4. The summed E-state index contributed by atoms with van der Waals surface area (Å²) in [5.74, 6) is 2.27. The van der Waals surface area contributed by atoms with Gasteiger partial charge < -0.3 is 19.5 Å². The molecular weight excluding hydrogens is 306 g/mol. The zero-order chi connectivity index (χ0) is 16.7. The van der Waals surface area contributed by atoms with Crippen LogP contribution < -0.4 is 4.90 Å². The fourth-order valence-corrected chi connectivity index (χ4v) is 4.32. The van der Waals surface area contributed by atoms with Crippen molar-refractivity contribution in [2.75, 3.05) is 38.8 Å². The van der Waals surface area contributed by atoms with Crippen LogP contribution in [0.4, 0.5) is 5.82 Å². The Morgan fingerprint density at radius 3 is 2.83 bits per heavy atom. The van der Waals surface area contributed by atoms with Gasteiger partial charge in [0.2, 0.25) is 5.91 Å². The van der Waals surface area contributed by atoms with Gasteiger partial charge in [-0.2, -0.15) is 0 Å². The van der Waals surface area contributed by atoms with E-state index >= 15 is 0 Å². The lowest BCUT2D eigenvalue weighted by Gasteiger charge is -2.28. The molecular formula is C17H23N5O2. The minimum Gasteiger partial charge on any atom is -0.375 e. The molecule has 3 heterocycles. The van der Waals surface area contributed by atoms with Gasteiger partial charge in [0.15, 0.2) is 0 Å². The van der Waals surface area contributed by atoms with Crippen LogP contribution in [-0.2, 0) is 9.53 Å². The summed E-state index contributed by atoms with van der Waals surface area (Å²) in [7, 11) is 3.69. The van der Waals surface area contributed by atoms with Crippen LogP contribution in [0.2, 0.25) is 0 Å². The molecule has 24 heavy (non-hydrogen) atoms. The predicted molar refractivity (Wildman–Crippen MR) is 90.7 cm³/mol. The average Bonchev–Trinajstić information content (AvgIpc) is 3.27. The fraction of sp³-hybridized carbons (Fsp3) is 0.588. The SMILES string of the molecule is COCC(=O)N1CC2CC(N(C)c3ncnc4[nH]ccc34)C[C@@H]2C1. The number of amides is 1. The third-order valence-corrected chi connectivity index (χ3v) is 5.56. The number of likely N-dealkylation sites (tertiary alicyclic amines) is 1. The van der Waals surface area contributed by atoms with E-state index in [9.17, 15) is 4.79 Å². The van der Waals surface area contributed by atoms with Crippen molar-refractivity contribution in [3.8, 4) is 0 Å². The largest absolute Gasteiger partial charge is 0.375 e. The average molecular weight is 329 g/mol. The van der Waals surface area contributed by atoms with Gasteiger partial charge in [0.1, 0.15) is 24.4 Å². The lowest BCUT2D eigenvalue weighted by molar-refractivity contribution is -0.134. The van der Waals surface area contributed by atoms with Crippen molar-refractivity contribution >= 4 is 22.8 Å². The van der Waals surface area contributed by atoms with E-state index in [0.717, 1.165) is 42.8 Å². The fourth-order valence-electron chi connectivity index (χ4n) is 4.32. The number of carbonyl (C=O) groups is 1. The Kier molecular flexibility index (Phi) is 3.88. The maximum Gasteiger partial charge on any atom is 0.248 e. The van der Waals surface area contributed by atoms with Gasteiger partial charge in [0, 0.05) is 39.5 Å². The van der Waals surface area contributed by atoms with Crippen LogP contribution in [0.15, 0.2) is 18.6 Å². The number of nitrogens with zero attached hydrogens (tertiary/aromatic N) is 4. The smallest absolute Gasteiger partial charge is 0.248 e. The molecule has 0 bridgehead atoms. The second-order valence-corrected chi connectivity index (χ2v) is 6.93. The maximum absolute atomic E-state index is 12.0. The third kappa shape index (κ3) is 2.53. The number of nitrogens with one attached hydrogen (secondary N) is 1. The molecule has 1 saturated carbocycles. The van der Waals surface area contributed by atoms with Crippen molar-refractivity contribution in [3.05, 3.63) is 18.6 Å². The number of fused-ring (bicyclic) bond motifs is 2. The number of carbonyl (C=O) groups excluding carboxylic acids is 1. The molecule has 4 rings (SSSR count). The third-order valence-electron chi connectivity index (χ3n) is 5.56. The molecule has 1 N–H and O–H groups in total. The molecule has 2 unspecified atom stereocenters. The molecule has 1 aliphatic heterocycles. The van der Waals surface area contributed by atoms with Crippen LogP contribution in [0.25, 0.3) is 11.0 Å². The Balaban J connectivity index is 1.45. The van der Waals surface area contributed by atoms with E-state index in [1.54, 1.807) is 13.4 Å². The molecule has 2 aromatic rings. The van der Waals surface area contributed by atoms with Gasteiger partial charge in [-0.3, -0.25) is 4.79 Å². The molecule has 1 aliphatic carbocycles. The topological polar surface area (TPSA) is 74.3 Å². The van der Waals surface area contributed by atoms with Crippen LogP contribution in [-0.4, -0.2) is 65.7 Å². The number of methoxy groups -OCH3 is 1. The summed E-state index contributed by atoms with van der Waals surface area (Å²) in [4.78, 5) is 28.2. The molecule has 0 aromatic carbocycles. The van der Waals surface area contributed by atoms with Crippen LogP contribution in [0.3, 0.4) is 0 Å². The van der Waals surface area contributed by atoms with Crippen molar-refractivity contribution in [3.63, 3.8) is 0 Å². The number of aromatic amines is 1. The predicted octanol–water partition coefficient (Wildman–Crippen LogP) is 1.28. The van der Waals surface area contributed by atoms with E-state index in [1.165, 1.54) is 0 Å². The number of H-pyrrole nitrogens is 1. The van der Waals surface area contributed by atoms with Crippen molar-refractivity contribution < 1.29 is 9.53 Å². The Labute approximate surface area is 141 Å². The van der Waals surface area contributed by atoms with Gasteiger partial charge in [-0.25, -0.2) is 9.97 Å². The first-order chi connectivity index (χ1) is 11.7. The number of anilines is 1. The molecule has 2 fully saturated rings. The van der Waals surface area contributed by atoms with Crippen LogP contribution in [0.1, 0.15) is 12.8 Å². The van der Waals surface area contributed by atoms with E-state index in [4.69, 9.17) is 4.74 Å². The van der Waals surface area contributed by atoms with Crippen molar-refractivity contribution in [2.24, 2.45) is 11.8 Å². The van der Waals surface area contributed by atoms with E-state index in [1.807, 2.05) is 17.2 Å². The standard InChI is InChI=1S/C17H23N5O2/c1-21(17-14-3-4-18-16(14)19-10-20-17)13-5-11-7-22(8-12(11)6-13)15(23)9-24-2/h3-4,10-13H,5-9H2,1-2H3,(H,18,19,20)/t11-,12?,13?/m1/s1. The Morgan fingerprint density at radius 2 is 2.12 bits per heavy atom. The zero-order valence-corrected chi connectivity index (χ0v) is 14.1. The highest BCUT2D eigenvalue weighted by Crippen LogP contribution is 2.41. The van der Waals surface area contributed by atoms with E-state index < -0.39 is 0 Å². The molecule has 7 nitrogen and oxygen atoms in total. The lowest BCUT2D eigenvalue weighted by atomic mass is 10.0. The number of hydrogen-bond acceptors (Lipinski definition) is 5. The molecule has 128 valence electrons. The molecule has 2 aromatic heterocycles. The second-order valence-electron chi connectivity index (χ2n) is 6.93. The summed E-state index contributed by atoms with van der Waals surface area (Å²) in [6.07, 6.45) is 5.73. The first-order valence-electron chi connectivity index (χ1n) is 8.45. The van der Waals surface area contributed by atoms with E-state index in [0.29, 0.717) is 17.9 Å². The Hall–Kier alpha value is -2.15.